The van der Waals surface area contributed by atoms with Crippen LogP contribution >= 0.6 is 0 Å². The van der Waals surface area contributed by atoms with Gasteiger partial charge in [0.1, 0.15) is 6.10 Å². The summed E-state index contributed by atoms with van der Waals surface area (Å²) >= 11 is 0. The average molecular weight is 236 g/mol. The summed E-state index contributed by atoms with van der Waals surface area (Å²) in [5, 5.41) is 8.00. The SMILES string of the molecule is Cc1nnc(OC2CCCCC2CN)nc1C. The Morgan fingerprint density at radius 3 is 2.65 bits per heavy atom. The summed E-state index contributed by atoms with van der Waals surface area (Å²) in [6.07, 6.45) is 4.77. The van der Waals surface area contributed by atoms with Gasteiger partial charge in [0, 0.05) is 5.92 Å². The minimum absolute atomic E-state index is 0.151. The fraction of sp³-hybridized carbons (Fsp3) is 0.750. The zero-order valence-electron chi connectivity index (χ0n) is 10.5. The van der Waals surface area contributed by atoms with Gasteiger partial charge in [-0.05, 0) is 39.7 Å². The van der Waals surface area contributed by atoms with E-state index in [-0.39, 0.29) is 6.10 Å². The van der Waals surface area contributed by atoms with Gasteiger partial charge in [-0.2, -0.15) is 4.98 Å². The Labute approximate surface area is 102 Å². The van der Waals surface area contributed by atoms with Crippen LogP contribution in [0.15, 0.2) is 0 Å². The molecule has 0 aliphatic heterocycles. The molecule has 17 heavy (non-hydrogen) atoms. The van der Waals surface area contributed by atoms with Crippen LogP contribution in [-0.4, -0.2) is 27.8 Å². The van der Waals surface area contributed by atoms with E-state index in [2.05, 4.69) is 15.2 Å². The van der Waals surface area contributed by atoms with E-state index in [0.717, 1.165) is 24.2 Å². The van der Waals surface area contributed by atoms with Gasteiger partial charge >= 0.3 is 6.01 Å². The lowest BCUT2D eigenvalue weighted by Gasteiger charge is -2.29. The second kappa shape index (κ2) is 5.40. The van der Waals surface area contributed by atoms with E-state index in [1.807, 2.05) is 13.8 Å². The monoisotopic (exact) mass is 236 g/mol. The van der Waals surface area contributed by atoms with Crippen LogP contribution in [0, 0.1) is 19.8 Å². The molecule has 1 aliphatic carbocycles. The fourth-order valence-electron chi connectivity index (χ4n) is 2.22. The summed E-state index contributed by atoms with van der Waals surface area (Å²) in [5.74, 6) is 0.425. The van der Waals surface area contributed by atoms with Crippen LogP contribution in [0.3, 0.4) is 0 Å². The Kier molecular flexibility index (Phi) is 3.89. The maximum Gasteiger partial charge on any atom is 0.336 e. The number of rotatable bonds is 3. The predicted molar refractivity (Wildman–Crippen MR) is 64.7 cm³/mol. The number of aryl methyl sites for hydroxylation is 2. The third-order valence-corrected chi connectivity index (χ3v) is 3.47. The minimum atomic E-state index is 0.151. The Balaban J connectivity index is 2.05. The molecule has 5 heteroatoms. The maximum atomic E-state index is 5.83. The summed E-state index contributed by atoms with van der Waals surface area (Å²) in [6.45, 7) is 4.48. The molecule has 0 spiro atoms. The zero-order chi connectivity index (χ0) is 12.3. The van der Waals surface area contributed by atoms with Crippen LogP contribution in [0.1, 0.15) is 37.1 Å². The fourth-order valence-corrected chi connectivity index (χ4v) is 2.22. The first-order valence-electron chi connectivity index (χ1n) is 6.25. The standard InChI is InChI=1S/C12H20N4O/c1-8-9(2)15-16-12(14-8)17-11-6-4-3-5-10(11)7-13/h10-11H,3-7,13H2,1-2H3. The van der Waals surface area contributed by atoms with Crippen molar-refractivity contribution in [2.75, 3.05) is 6.54 Å². The van der Waals surface area contributed by atoms with E-state index in [1.165, 1.54) is 12.8 Å². The van der Waals surface area contributed by atoms with Crippen LogP contribution in [0.5, 0.6) is 6.01 Å². The van der Waals surface area contributed by atoms with Crippen molar-refractivity contribution in [1.29, 1.82) is 0 Å². The summed E-state index contributed by atoms with van der Waals surface area (Å²) < 4.78 is 5.83. The molecule has 2 rings (SSSR count). The quantitative estimate of drug-likeness (QED) is 0.858. The minimum Gasteiger partial charge on any atom is -0.459 e. The van der Waals surface area contributed by atoms with Crippen LogP contribution in [0.2, 0.25) is 0 Å². The molecule has 2 unspecified atom stereocenters. The summed E-state index contributed by atoms with van der Waals surface area (Å²) in [7, 11) is 0. The molecule has 0 saturated heterocycles. The van der Waals surface area contributed by atoms with Gasteiger partial charge in [-0.3, -0.25) is 0 Å². The molecular weight excluding hydrogens is 216 g/mol. The first kappa shape index (κ1) is 12.2. The Morgan fingerprint density at radius 1 is 1.18 bits per heavy atom. The molecule has 5 nitrogen and oxygen atoms in total. The van der Waals surface area contributed by atoms with Crippen molar-refractivity contribution in [2.24, 2.45) is 11.7 Å². The average Bonchev–Trinajstić information content (AvgIpc) is 2.34. The van der Waals surface area contributed by atoms with Crippen molar-refractivity contribution < 1.29 is 4.74 Å². The lowest BCUT2D eigenvalue weighted by Crippen LogP contribution is -2.35. The van der Waals surface area contributed by atoms with Gasteiger partial charge in [-0.1, -0.05) is 11.5 Å². The first-order chi connectivity index (χ1) is 8.20. The second-order valence-electron chi connectivity index (χ2n) is 4.70. The molecule has 94 valence electrons. The van der Waals surface area contributed by atoms with Crippen molar-refractivity contribution in [3.05, 3.63) is 11.4 Å². The molecular formula is C12H20N4O. The maximum absolute atomic E-state index is 5.83. The van der Waals surface area contributed by atoms with Crippen molar-refractivity contribution in [1.82, 2.24) is 15.2 Å². The van der Waals surface area contributed by atoms with E-state index in [4.69, 9.17) is 10.5 Å². The van der Waals surface area contributed by atoms with E-state index in [9.17, 15) is 0 Å². The first-order valence-corrected chi connectivity index (χ1v) is 6.25. The van der Waals surface area contributed by atoms with Gasteiger partial charge in [0.05, 0.1) is 11.4 Å². The highest BCUT2D eigenvalue weighted by molar-refractivity contribution is 5.08. The molecule has 1 saturated carbocycles. The molecule has 1 aromatic heterocycles. The largest absolute Gasteiger partial charge is 0.459 e. The summed E-state index contributed by atoms with van der Waals surface area (Å²) in [6, 6.07) is 0.387. The summed E-state index contributed by atoms with van der Waals surface area (Å²) in [4.78, 5) is 4.30. The number of hydrogen-bond donors (Lipinski definition) is 1. The molecule has 1 aromatic rings. The lowest BCUT2D eigenvalue weighted by atomic mass is 9.86. The molecule has 1 aliphatic rings. The van der Waals surface area contributed by atoms with Gasteiger partial charge in [-0.25, -0.2) is 0 Å². The highest BCUT2D eigenvalue weighted by atomic mass is 16.5. The Bertz CT molecular complexity index is 383. The van der Waals surface area contributed by atoms with Crippen molar-refractivity contribution in [2.45, 2.75) is 45.6 Å². The number of aromatic nitrogens is 3. The van der Waals surface area contributed by atoms with Crippen molar-refractivity contribution in [3.8, 4) is 6.01 Å². The normalized spacial score (nSPS) is 24.6. The third-order valence-electron chi connectivity index (χ3n) is 3.47. The number of nitrogens with two attached hydrogens (primary N) is 1. The van der Waals surface area contributed by atoms with Crippen LogP contribution in [0.25, 0.3) is 0 Å². The van der Waals surface area contributed by atoms with Crippen LogP contribution in [0.4, 0.5) is 0 Å². The van der Waals surface area contributed by atoms with Crippen LogP contribution in [-0.2, 0) is 0 Å². The van der Waals surface area contributed by atoms with Crippen LogP contribution < -0.4 is 10.5 Å². The lowest BCUT2D eigenvalue weighted by molar-refractivity contribution is 0.0856. The van der Waals surface area contributed by atoms with E-state index < -0.39 is 0 Å². The summed E-state index contributed by atoms with van der Waals surface area (Å²) in [5.41, 5.74) is 7.48. The smallest absolute Gasteiger partial charge is 0.336 e. The molecule has 0 radical (unpaired) electrons. The van der Waals surface area contributed by atoms with Gasteiger partial charge in [-0.15, -0.1) is 5.10 Å². The molecule has 0 aromatic carbocycles. The highest BCUT2D eigenvalue weighted by Gasteiger charge is 2.26. The van der Waals surface area contributed by atoms with Gasteiger partial charge < -0.3 is 10.5 Å². The van der Waals surface area contributed by atoms with E-state index >= 15 is 0 Å². The van der Waals surface area contributed by atoms with Crippen molar-refractivity contribution >= 4 is 0 Å². The molecule has 1 fully saturated rings. The molecule has 0 amide bonds. The Morgan fingerprint density at radius 2 is 1.94 bits per heavy atom. The number of nitrogens with zero attached hydrogens (tertiary/aromatic N) is 3. The number of ether oxygens (including phenoxy) is 1. The topological polar surface area (TPSA) is 73.9 Å². The van der Waals surface area contributed by atoms with Gasteiger partial charge in [0.15, 0.2) is 0 Å². The zero-order valence-corrected chi connectivity index (χ0v) is 10.5. The number of hydrogen-bond acceptors (Lipinski definition) is 5. The molecule has 1 heterocycles. The predicted octanol–water partition coefficient (Wildman–Crippen LogP) is 1.38. The van der Waals surface area contributed by atoms with E-state index in [1.54, 1.807) is 0 Å². The van der Waals surface area contributed by atoms with Crippen molar-refractivity contribution in [3.63, 3.8) is 0 Å². The third kappa shape index (κ3) is 2.91. The molecule has 2 atom stereocenters. The van der Waals surface area contributed by atoms with Gasteiger partial charge in [0.2, 0.25) is 0 Å². The van der Waals surface area contributed by atoms with Gasteiger partial charge in [0.25, 0.3) is 0 Å². The Hall–Kier alpha value is -1.23. The second-order valence-corrected chi connectivity index (χ2v) is 4.70. The molecule has 2 N–H and O–H groups in total. The highest BCUT2D eigenvalue weighted by Crippen LogP contribution is 2.26. The van der Waals surface area contributed by atoms with E-state index in [0.29, 0.717) is 18.5 Å². The molecule has 0 bridgehead atoms.